The van der Waals surface area contributed by atoms with E-state index in [-0.39, 0.29) is 18.1 Å². The van der Waals surface area contributed by atoms with Gasteiger partial charge in [-0.25, -0.2) is 0 Å². The predicted octanol–water partition coefficient (Wildman–Crippen LogP) is 1.80. The molecule has 7 nitrogen and oxygen atoms in total. The Labute approximate surface area is 174 Å². The summed E-state index contributed by atoms with van der Waals surface area (Å²) >= 11 is 0. The number of anilines is 1. The van der Waals surface area contributed by atoms with Crippen LogP contribution in [0.3, 0.4) is 0 Å². The van der Waals surface area contributed by atoms with E-state index in [1.54, 1.807) is 14.0 Å². The molecule has 1 aliphatic heterocycles. The summed E-state index contributed by atoms with van der Waals surface area (Å²) in [4.78, 5) is 28.4. The van der Waals surface area contributed by atoms with Gasteiger partial charge in [0.05, 0.1) is 23.8 Å². The lowest BCUT2D eigenvalue weighted by molar-refractivity contribution is -0.137. The Balaban J connectivity index is 1.81. The fourth-order valence-electron chi connectivity index (χ4n) is 3.25. The number of alkyl halides is 3. The second-order valence-corrected chi connectivity index (χ2v) is 7.22. The van der Waals surface area contributed by atoms with Gasteiger partial charge in [0, 0.05) is 46.4 Å². The summed E-state index contributed by atoms with van der Waals surface area (Å²) in [5, 5.41) is 5.23. The van der Waals surface area contributed by atoms with Gasteiger partial charge in [0.25, 0.3) is 0 Å². The van der Waals surface area contributed by atoms with Crippen LogP contribution in [0.1, 0.15) is 18.9 Å². The Kier molecular flexibility index (Phi) is 9.07. The van der Waals surface area contributed by atoms with Crippen molar-refractivity contribution in [3.63, 3.8) is 0 Å². The van der Waals surface area contributed by atoms with Crippen molar-refractivity contribution in [3.05, 3.63) is 29.8 Å². The summed E-state index contributed by atoms with van der Waals surface area (Å²) in [6, 6.07) is 4.34. The van der Waals surface area contributed by atoms with Crippen molar-refractivity contribution in [2.24, 2.45) is 0 Å². The molecular weight excluding hydrogens is 401 g/mol. The maximum absolute atomic E-state index is 13.1. The number of carbonyl (C=O) groups is 2. The van der Waals surface area contributed by atoms with Gasteiger partial charge >= 0.3 is 6.18 Å². The fourth-order valence-corrected chi connectivity index (χ4v) is 3.25. The molecule has 1 aromatic rings. The smallest absolute Gasteiger partial charge is 0.385 e. The first-order valence-electron chi connectivity index (χ1n) is 9.91. The maximum Gasteiger partial charge on any atom is 0.418 e. The summed E-state index contributed by atoms with van der Waals surface area (Å²) in [7, 11) is 1.61. The van der Waals surface area contributed by atoms with Crippen LogP contribution < -0.4 is 10.6 Å². The number of nitrogens with zero attached hydrogens (tertiary/aromatic N) is 2. The molecule has 2 rings (SSSR count). The molecule has 0 radical (unpaired) electrons. The molecule has 168 valence electrons. The Morgan fingerprint density at radius 2 is 1.83 bits per heavy atom. The predicted molar refractivity (Wildman–Crippen MR) is 107 cm³/mol. The molecule has 10 heteroatoms. The van der Waals surface area contributed by atoms with Gasteiger partial charge in [0.2, 0.25) is 11.8 Å². The lowest BCUT2D eigenvalue weighted by Crippen LogP contribution is -2.54. The van der Waals surface area contributed by atoms with Crippen molar-refractivity contribution in [1.29, 1.82) is 0 Å². The second-order valence-electron chi connectivity index (χ2n) is 7.22. The number of hydrogen-bond acceptors (Lipinski definition) is 5. The molecule has 1 unspecified atom stereocenters. The Hall–Kier alpha value is -2.17. The van der Waals surface area contributed by atoms with Crippen molar-refractivity contribution in [2.45, 2.75) is 25.6 Å². The van der Waals surface area contributed by atoms with Gasteiger partial charge in [-0.1, -0.05) is 12.1 Å². The minimum atomic E-state index is -4.54. The first-order chi connectivity index (χ1) is 14.2. The SMILES string of the molecule is COCCCNC(=O)CN1CCN(C(C)C(=O)Nc2ccccc2C(F)(F)F)CC1. The third-order valence-corrected chi connectivity index (χ3v) is 5.04. The molecule has 2 N–H and O–H groups in total. The molecule has 1 aromatic carbocycles. The molecule has 0 saturated carbocycles. The molecule has 0 spiro atoms. The van der Waals surface area contributed by atoms with E-state index in [1.165, 1.54) is 18.2 Å². The van der Waals surface area contributed by atoms with Gasteiger partial charge in [-0.3, -0.25) is 19.4 Å². The number of halogens is 3. The quantitative estimate of drug-likeness (QED) is 0.585. The van der Waals surface area contributed by atoms with Crippen LogP contribution in [0.5, 0.6) is 0 Å². The van der Waals surface area contributed by atoms with Crippen molar-refractivity contribution < 1.29 is 27.5 Å². The van der Waals surface area contributed by atoms with E-state index >= 15 is 0 Å². The number of amides is 2. The highest BCUT2D eigenvalue weighted by molar-refractivity contribution is 5.95. The van der Waals surface area contributed by atoms with Crippen molar-refractivity contribution in [2.75, 3.05) is 58.3 Å². The highest BCUT2D eigenvalue weighted by Crippen LogP contribution is 2.34. The largest absolute Gasteiger partial charge is 0.418 e. The average molecular weight is 430 g/mol. The molecular formula is C20H29F3N4O3. The normalized spacial score (nSPS) is 16.8. The van der Waals surface area contributed by atoms with Gasteiger partial charge in [-0.15, -0.1) is 0 Å². The van der Waals surface area contributed by atoms with Crippen molar-refractivity contribution in [3.8, 4) is 0 Å². The molecule has 1 fully saturated rings. The zero-order valence-corrected chi connectivity index (χ0v) is 17.3. The molecule has 1 saturated heterocycles. The third-order valence-electron chi connectivity index (χ3n) is 5.04. The van der Waals surface area contributed by atoms with Gasteiger partial charge in [-0.05, 0) is 25.5 Å². The minimum absolute atomic E-state index is 0.0610. The van der Waals surface area contributed by atoms with E-state index in [0.29, 0.717) is 39.3 Å². The minimum Gasteiger partial charge on any atom is -0.385 e. The summed E-state index contributed by atoms with van der Waals surface area (Å²) in [6.07, 6.45) is -3.79. The summed E-state index contributed by atoms with van der Waals surface area (Å²) < 4.78 is 44.3. The number of piperazine rings is 1. The standard InChI is InChI=1S/C20H29F3N4O3/c1-15(19(29)25-17-7-4-3-6-16(17)20(21,22)23)27-11-9-26(10-12-27)14-18(28)24-8-5-13-30-2/h3-4,6-7,15H,5,8-14H2,1-2H3,(H,24,28)(H,25,29). The van der Waals surface area contributed by atoms with Gasteiger partial charge in [0.1, 0.15) is 0 Å². The monoisotopic (exact) mass is 430 g/mol. The van der Waals surface area contributed by atoms with Crippen LogP contribution >= 0.6 is 0 Å². The third kappa shape index (κ3) is 7.26. The number of methoxy groups -OCH3 is 1. The van der Waals surface area contributed by atoms with E-state index in [1.807, 2.05) is 9.80 Å². The highest BCUT2D eigenvalue weighted by atomic mass is 19.4. The van der Waals surface area contributed by atoms with Gasteiger partial charge in [0.15, 0.2) is 0 Å². The van der Waals surface area contributed by atoms with Gasteiger partial charge in [-0.2, -0.15) is 13.2 Å². The molecule has 1 heterocycles. The lowest BCUT2D eigenvalue weighted by Gasteiger charge is -2.37. The van der Waals surface area contributed by atoms with E-state index in [9.17, 15) is 22.8 Å². The molecule has 30 heavy (non-hydrogen) atoms. The number of para-hydroxylation sites is 1. The summed E-state index contributed by atoms with van der Waals surface area (Å²) in [6.45, 7) is 5.39. The second kappa shape index (κ2) is 11.3. The number of ether oxygens (including phenoxy) is 1. The molecule has 1 atom stereocenters. The van der Waals surface area contributed by atoms with E-state index in [0.717, 1.165) is 12.5 Å². The lowest BCUT2D eigenvalue weighted by atomic mass is 10.1. The van der Waals surface area contributed by atoms with Crippen LogP contribution in [0, 0.1) is 0 Å². The van der Waals surface area contributed by atoms with Crippen LogP contribution in [-0.4, -0.2) is 80.6 Å². The van der Waals surface area contributed by atoms with Crippen molar-refractivity contribution >= 4 is 17.5 Å². The zero-order valence-electron chi connectivity index (χ0n) is 17.3. The number of hydrogen-bond donors (Lipinski definition) is 2. The average Bonchev–Trinajstić information content (AvgIpc) is 2.71. The Bertz CT molecular complexity index is 707. The molecule has 2 amide bonds. The van der Waals surface area contributed by atoms with Crippen LogP contribution in [0.2, 0.25) is 0 Å². The fraction of sp³-hybridized carbons (Fsp3) is 0.600. The Morgan fingerprint density at radius 1 is 1.17 bits per heavy atom. The van der Waals surface area contributed by atoms with E-state index in [4.69, 9.17) is 4.74 Å². The summed E-state index contributed by atoms with van der Waals surface area (Å²) in [5.41, 5.74) is -1.11. The molecule has 0 bridgehead atoms. The maximum atomic E-state index is 13.1. The van der Waals surface area contributed by atoms with Crippen LogP contribution in [0.4, 0.5) is 18.9 Å². The summed E-state index contributed by atoms with van der Waals surface area (Å²) in [5.74, 6) is -0.551. The molecule has 0 aliphatic carbocycles. The molecule has 0 aromatic heterocycles. The zero-order chi connectivity index (χ0) is 22.1. The van der Waals surface area contributed by atoms with Crippen LogP contribution in [-0.2, 0) is 20.5 Å². The highest BCUT2D eigenvalue weighted by Gasteiger charge is 2.34. The number of nitrogens with one attached hydrogen (secondary N) is 2. The first-order valence-corrected chi connectivity index (χ1v) is 9.91. The van der Waals surface area contributed by atoms with Crippen molar-refractivity contribution in [1.82, 2.24) is 15.1 Å². The van der Waals surface area contributed by atoms with E-state index in [2.05, 4.69) is 10.6 Å². The number of rotatable bonds is 9. The van der Waals surface area contributed by atoms with Crippen LogP contribution in [0.15, 0.2) is 24.3 Å². The van der Waals surface area contributed by atoms with Gasteiger partial charge < -0.3 is 15.4 Å². The van der Waals surface area contributed by atoms with Crippen LogP contribution in [0.25, 0.3) is 0 Å². The molecule has 1 aliphatic rings. The first kappa shape index (κ1) is 24.1. The Morgan fingerprint density at radius 3 is 2.47 bits per heavy atom. The topological polar surface area (TPSA) is 73.9 Å². The van der Waals surface area contributed by atoms with E-state index < -0.39 is 23.7 Å². The number of benzene rings is 1. The number of carbonyl (C=O) groups excluding carboxylic acids is 2.